The number of ether oxygens (including phenoxy) is 1. The Morgan fingerprint density at radius 3 is 2.42 bits per heavy atom. The van der Waals surface area contributed by atoms with Crippen molar-refractivity contribution in [2.45, 2.75) is 50.4 Å². The fourth-order valence-corrected chi connectivity index (χ4v) is 2.31. The molecule has 112 valence electrons. The fourth-order valence-electron chi connectivity index (χ4n) is 2.31. The number of hydrogen-bond acceptors (Lipinski definition) is 4. The molecule has 1 rings (SSSR count). The molecule has 1 fully saturated rings. The summed E-state index contributed by atoms with van der Waals surface area (Å²) < 4.78 is 41.5. The Labute approximate surface area is 110 Å². The van der Waals surface area contributed by atoms with Gasteiger partial charge in [-0.1, -0.05) is 6.92 Å². The summed E-state index contributed by atoms with van der Waals surface area (Å²) in [6.45, 7) is 1.33. The van der Waals surface area contributed by atoms with Crippen molar-refractivity contribution in [3.63, 3.8) is 0 Å². The maximum atomic E-state index is 12.3. The molecule has 0 aromatic heterocycles. The minimum atomic E-state index is -4.69. The maximum absolute atomic E-state index is 12.3. The van der Waals surface area contributed by atoms with E-state index >= 15 is 0 Å². The van der Waals surface area contributed by atoms with Crippen molar-refractivity contribution < 1.29 is 27.8 Å². The van der Waals surface area contributed by atoms with Gasteiger partial charge in [-0.15, -0.1) is 0 Å². The zero-order valence-electron chi connectivity index (χ0n) is 11.1. The molecule has 1 saturated carbocycles. The van der Waals surface area contributed by atoms with E-state index in [-0.39, 0.29) is 0 Å². The Morgan fingerprint density at radius 2 is 2.00 bits per heavy atom. The van der Waals surface area contributed by atoms with Gasteiger partial charge in [0, 0.05) is 6.54 Å². The van der Waals surface area contributed by atoms with E-state index in [1.165, 1.54) is 7.11 Å². The first kappa shape index (κ1) is 16.2. The summed E-state index contributed by atoms with van der Waals surface area (Å²) in [7, 11) is 1.21. The van der Waals surface area contributed by atoms with Crippen LogP contribution in [0, 0.1) is 5.92 Å². The van der Waals surface area contributed by atoms with Crippen molar-refractivity contribution in [2.24, 2.45) is 5.92 Å². The molecule has 2 N–H and O–H groups in total. The van der Waals surface area contributed by atoms with Crippen LogP contribution in [0.3, 0.4) is 0 Å². The van der Waals surface area contributed by atoms with Gasteiger partial charge in [-0.05, 0) is 31.6 Å². The molecule has 0 bridgehead atoms. The SMILES string of the molecule is COC(=O)C1(NC[C@H](O)C(F)(F)F)CCC(C)CC1. The normalized spacial score (nSPS) is 29.9. The molecule has 0 aliphatic heterocycles. The van der Waals surface area contributed by atoms with Crippen molar-refractivity contribution >= 4 is 5.97 Å². The summed E-state index contributed by atoms with van der Waals surface area (Å²) in [5.41, 5.74) is -1.10. The summed E-state index contributed by atoms with van der Waals surface area (Å²) in [6.07, 6.45) is -4.84. The van der Waals surface area contributed by atoms with Crippen LogP contribution in [0.5, 0.6) is 0 Å². The Hall–Kier alpha value is -0.820. The fraction of sp³-hybridized carbons (Fsp3) is 0.917. The molecule has 0 amide bonds. The Kier molecular flexibility index (Phi) is 5.20. The molecule has 0 spiro atoms. The third kappa shape index (κ3) is 4.07. The van der Waals surface area contributed by atoms with Crippen LogP contribution >= 0.6 is 0 Å². The highest BCUT2D eigenvalue weighted by atomic mass is 19.4. The van der Waals surface area contributed by atoms with Crippen LogP contribution in [0.1, 0.15) is 32.6 Å². The van der Waals surface area contributed by atoms with Crippen molar-refractivity contribution in [3.8, 4) is 0 Å². The number of β-amino-alcohol motifs (C(OH)–C–C–N with tert-alkyl or cyclic N) is 1. The molecule has 1 aliphatic rings. The number of methoxy groups -OCH3 is 1. The summed E-state index contributed by atoms with van der Waals surface area (Å²) in [5.74, 6) is -0.124. The number of aliphatic hydroxyl groups is 1. The van der Waals surface area contributed by atoms with Gasteiger partial charge in [0.2, 0.25) is 0 Å². The lowest BCUT2D eigenvalue weighted by Gasteiger charge is -2.38. The number of alkyl halides is 3. The highest BCUT2D eigenvalue weighted by molar-refractivity contribution is 5.80. The smallest absolute Gasteiger partial charge is 0.415 e. The molecule has 0 aromatic carbocycles. The third-order valence-corrected chi connectivity index (χ3v) is 3.72. The molecule has 0 aromatic rings. The molecule has 7 heteroatoms. The lowest BCUT2D eigenvalue weighted by Crippen LogP contribution is -2.57. The second-order valence-corrected chi connectivity index (χ2v) is 5.19. The van der Waals surface area contributed by atoms with Crippen molar-refractivity contribution in [1.82, 2.24) is 5.32 Å². The highest BCUT2D eigenvalue weighted by Crippen LogP contribution is 2.33. The van der Waals surface area contributed by atoms with E-state index in [0.29, 0.717) is 18.8 Å². The van der Waals surface area contributed by atoms with E-state index in [0.717, 1.165) is 12.8 Å². The maximum Gasteiger partial charge on any atom is 0.415 e. The number of esters is 1. The summed E-state index contributed by atoms with van der Waals surface area (Å²) >= 11 is 0. The standard InChI is InChI=1S/C12H20F3NO3/c1-8-3-5-11(6-4-8,10(18)19-2)16-7-9(17)12(13,14)15/h8-9,16-17H,3-7H2,1-2H3/t8?,9-,11?/m0/s1. The zero-order chi connectivity index (χ0) is 14.7. The van der Waals surface area contributed by atoms with E-state index in [1.807, 2.05) is 6.92 Å². The van der Waals surface area contributed by atoms with Crippen LogP contribution in [-0.2, 0) is 9.53 Å². The quantitative estimate of drug-likeness (QED) is 0.770. The minimum absolute atomic E-state index is 0.422. The van der Waals surface area contributed by atoms with E-state index in [4.69, 9.17) is 5.11 Å². The van der Waals surface area contributed by atoms with Gasteiger partial charge in [0.1, 0.15) is 5.54 Å². The molecule has 0 heterocycles. The van der Waals surface area contributed by atoms with Gasteiger partial charge < -0.3 is 9.84 Å². The summed E-state index contributed by atoms with van der Waals surface area (Å²) in [4.78, 5) is 11.8. The molecular weight excluding hydrogens is 263 g/mol. The van der Waals surface area contributed by atoms with Crippen LogP contribution in [0.4, 0.5) is 13.2 Å². The van der Waals surface area contributed by atoms with Gasteiger partial charge in [-0.2, -0.15) is 13.2 Å². The van der Waals surface area contributed by atoms with Crippen LogP contribution in [0.2, 0.25) is 0 Å². The first-order chi connectivity index (χ1) is 8.71. The number of aliphatic hydroxyl groups excluding tert-OH is 1. The van der Waals surface area contributed by atoms with Crippen molar-refractivity contribution in [3.05, 3.63) is 0 Å². The van der Waals surface area contributed by atoms with Crippen LogP contribution < -0.4 is 5.32 Å². The minimum Gasteiger partial charge on any atom is -0.468 e. The second kappa shape index (κ2) is 6.09. The van der Waals surface area contributed by atoms with Gasteiger partial charge in [0.05, 0.1) is 7.11 Å². The van der Waals surface area contributed by atoms with Crippen LogP contribution in [0.15, 0.2) is 0 Å². The zero-order valence-corrected chi connectivity index (χ0v) is 11.1. The number of hydrogen-bond donors (Lipinski definition) is 2. The number of nitrogens with one attached hydrogen (secondary N) is 1. The average molecular weight is 283 g/mol. The Balaban J connectivity index is 2.69. The van der Waals surface area contributed by atoms with Crippen molar-refractivity contribution in [1.29, 1.82) is 0 Å². The molecule has 1 aliphatic carbocycles. The first-order valence-corrected chi connectivity index (χ1v) is 6.29. The number of rotatable bonds is 4. The predicted octanol–water partition coefficient (Wildman–Crippen LogP) is 1.62. The molecule has 4 nitrogen and oxygen atoms in total. The topological polar surface area (TPSA) is 58.6 Å². The lowest BCUT2D eigenvalue weighted by atomic mass is 9.77. The van der Waals surface area contributed by atoms with E-state index in [9.17, 15) is 18.0 Å². The molecule has 0 radical (unpaired) electrons. The van der Waals surface area contributed by atoms with Gasteiger partial charge in [0.25, 0.3) is 0 Å². The van der Waals surface area contributed by atoms with Crippen LogP contribution in [0.25, 0.3) is 0 Å². The van der Waals surface area contributed by atoms with E-state index in [2.05, 4.69) is 10.1 Å². The van der Waals surface area contributed by atoms with E-state index < -0.39 is 30.3 Å². The van der Waals surface area contributed by atoms with Crippen molar-refractivity contribution in [2.75, 3.05) is 13.7 Å². The lowest BCUT2D eigenvalue weighted by molar-refractivity contribution is -0.203. The largest absolute Gasteiger partial charge is 0.468 e. The molecule has 19 heavy (non-hydrogen) atoms. The molecular formula is C12H20F3NO3. The number of carbonyl (C=O) groups excluding carboxylic acids is 1. The summed E-state index contributed by atoms with van der Waals surface area (Å²) in [5, 5.41) is 11.6. The highest BCUT2D eigenvalue weighted by Gasteiger charge is 2.45. The average Bonchev–Trinajstić information content (AvgIpc) is 2.36. The molecule has 0 unspecified atom stereocenters. The first-order valence-electron chi connectivity index (χ1n) is 6.29. The monoisotopic (exact) mass is 283 g/mol. The number of halogens is 3. The predicted molar refractivity (Wildman–Crippen MR) is 62.4 cm³/mol. The van der Waals surface area contributed by atoms with Gasteiger partial charge in [0.15, 0.2) is 6.10 Å². The van der Waals surface area contributed by atoms with Gasteiger partial charge in [-0.3, -0.25) is 10.1 Å². The van der Waals surface area contributed by atoms with Gasteiger partial charge in [-0.25, -0.2) is 0 Å². The van der Waals surface area contributed by atoms with Crippen LogP contribution in [-0.4, -0.2) is 42.5 Å². The van der Waals surface area contributed by atoms with E-state index in [1.54, 1.807) is 0 Å². The second-order valence-electron chi connectivity index (χ2n) is 5.19. The molecule has 1 atom stereocenters. The Morgan fingerprint density at radius 1 is 1.47 bits per heavy atom. The Bertz CT molecular complexity index is 312. The summed E-state index contributed by atoms with van der Waals surface area (Å²) in [6, 6.07) is 0. The number of carbonyl (C=O) groups is 1. The molecule has 0 saturated heterocycles. The third-order valence-electron chi connectivity index (χ3n) is 3.72. The van der Waals surface area contributed by atoms with Gasteiger partial charge >= 0.3 is 12.1 Å².